The van der Waals surface area contributed by atoms with Crippen LogP contribution in [-0.4, -0.2) is 45.1 Å². The van der Waals surface area contributed by atoms with Gasteiger partial charge in [0.25, 0.3) is 0 Å². The monoisotopic (exact) mass is 344 g/mol. The first-order chi connectivity index (χ1) is 10.4. The molecule has 1 aliphatic heterocycles. The molecule has 0 aromatic heterocycles. The van der Waals surface area contributed by atoms with Crippen LogP contribution in [-0.2, 0) is 19.6 Å². The van der Waals surface area contributed by atoms with Crippen LogP contribution in [0.25, 0.3) is 0 Å². The highest BCUT2D eigenvalue weighted by molar-refractivity contribution is 7.99. The molecule has 1 amide bonds. The Morgan fingerprint density at radius 3 is 2.55 bits per heavy atom. The van der Waals surface area contributed by atoms with Gasteiger partial charge < -0.3 is 10.1 Å². The summed E-state index contributed by atoms with van der Waals surface area (Å²) in [5.74, 6) is 1.56. The molecule has 6 nitrogen and oxygen atoms in total. The van der Waals surface area contributed by atoms with E-state index in [4.69, 9.17) is 4.74 Å². The van der Waals surface area contributed by atoms with Gasteiger partial charge in [-0.15, -0.1) is 0 Å². The first kappa shape index (κ1) is 17.3. The molecule has 1 saturated heterocycles. The van der Waals surface area contributed by atoms with Gasteiger partial charge in [0.15, 0.2) is 0 Å². The molecule has 0 unspecified atom stereocenters. The maximum Gasteiger partial charge on any atom is 0.240 e. The largest absolute Gasteiger partial charge is 0.376 e. The number of ether oxygens (including phenoxy) is 1. The number of methoxy groups -OCH3 is 1. The number of anilines is 1. The molecule has 22 heavy (non-hydrogen) atoms. The number of benzene rings is 1. The zero-order valence-electron chi connectivity index (χ0n) is 12.6. The number of hydrogen-bond acceptors (Lipinski definition) is 5. The van der Waals surface area contributed by atoms with Crippen LogP contribution in [0.5, 0.6) is 0 Å². The smallest absolute Gasteiger partial charge is 0.240 e. The SMILES string of the molecule is CO[C@]1(CNS(=O)(=O)c2ccc(NC(C)=O)cc2)CCSC1. The van der Waals surface area contributed by atoms with E-state index in [0.717, 1.165) is 17.9 Å². The second-order valence-corrected chi connectivity index (χ2v) is 8.09. The molecule has 0 spiro atoms. The summed E-state index contributed by atoms with van der Waals surface area (Å²) in [6.45, 7) is 1.66. The molecule has 2 rings (SSSR count). The minimum atomic E-state index is -3.59. The number of amides is 1. The molecule has 122 valence electrons. The molecule has 8 heteroatoms. The molecule has 1 aromatic carbocycles. The van der Waals surface area contributed by atoms with Crippen molar-refractivity contribution >= 4 is 33.4 Å². The zero-order chi connectivity index (χ0) is 16.2. The molecule has 1 heterocycles. The highest BCUT2D eigenvalue weighted by atomic mass is 32.2. The van der Waals surface area contributed by atoms with Crippen molar-refractivity contribution in [2.75, 3.05) is 30.5 Å². The summed E-state index contributed by atoms with van der Waals surface area (Å²) in [6, 6.07) is 6.06. The third kappa shape index (κ3) is 4.22. The van der Waals surface area contributed by atoms with Crippen LogP contribution in [0.2, 0.25) is 0 Å². The summed E-state index contributed by atoms with van der Waals surface area (Å²) in [5, 5.41) is 2.60. The molecular formula is C14H20N2O4S2. The maximum absolute atomic E-state index is 12.3. The summed E-state index contributed by atoms with van der Waals surface area (Å²) < 4.78 is 32.8. The lowest BCUT2D eigenvalue weighted by Crippen LogP contribution is -2.44. The Labute approximate surface area is 135 Å². The van der Waals surface area contributed by atoms with Gasteiger partial charge in [-0.1, -0.05) is 0 Å². The van der Waals surface area contributed by atoms with Gasteiger partial charge in [0.1, 0.15) is 0 Å². The minimum absolute atomic E-state index is 0.165. The number of nitrogens with one attached hydrogen (secondary N) is 2. The lowest BCUT2D eigenvalue weighted by molar-refractivity contribution is -0.114. The minimum Gasteiger partial charge on any atom is -0.376 e. The van der Waals surface area contributed by atoms with Crippen molar-refractivity contribution < 1.29 is 17.9 Å². The fraction of sp³-hybridized carbons (Fsp3) is 0.500. The maximum atomic E-state index is 12.3. The zero-order valence-corrected chi connectivity index (χ0v) is 14.2. The number of carbonyl (C=O) groups is 1. The van der Waals surface area contributed by atoms with Gasteiger partial charge in [0.05, 0.1) is 10.5 Å². The van der Waals surface area contributed by atoms with Gasteiger partial charge in [-0.05, 0) is 36.4 Å². The Balaban J connectivity index is 2.05. The summed E-state index contributed by atoms with van der Waals surface area (Å²) >= 11 is 1.76. The average Bonchev–Trinajstić information content (AvgIpc) is 2.95. The summed E-state index contributed by atoms with van der Waals surface area (Å²) in [5.41, 5.74) is 0.139. The standard InChI is InChI=1S/C14H20N2O4S2/c1-11(17)16-12-3-5-13(6-4-12)22(18,19)15-9-14(20-2)7-8-21-10-14/h3-6,15H,7-10H2,1-2H3,(H,16,17)/t14-/m0/s1. The normalized spacial score (nSPS) is 21.7. The van der Waals surface area contributed by atoms with E-state index in [2.05, 4.69) is 10.0 Å². The number of sulfonamides is 1. The first-order valence-electron chi connectivity index (χ1n) is 6.87. The van der Waals surface area contributed by atoms with Gasteiger partial charge in [-0.2, -0.15) is 11.8 Å². The van der Waals surface area contributed by atoms with Crippen molar-refractivity contribution in [3.8, 4) is 0 Å². The van der Waals surface area contributed by atoms with E-state index in [-0.39, 0.29) is 17.3 Å². The van der Waals surface area contributed by atoms with Crippen molar-refractivity contribution in [1.82, 2.24) is 4.72 Å². The van der Waals surface area contributed by atoms with Crippen LogP contribution in [0.1, 0.15) is 13.3 Å². The molecule has 0 saturated carbocycles. The molecule has 0 bridgehead atoms. The summed E-state index contributed by atoms with van der Waals surface area (Å²) in [7, 11) is -1.98. The van der Waals surface area contributed by atoms with E-state index < -0.39 is 15.6 Å². The Morgan fingerprint density at radius 2 is 2.05 bits per heavy atom. The first-order valence-corrected chi connectivity index (χ1v) is 9.51. The predicted octanol–water partition coefficient (Wildman–Crippen LogP) is 1.45. The topological polar surface area (TPSA) is 84.5 Å². The Hall–Kier alpha value is -1.09. The van der Waals surface area contributed by atoms with Crippen molar-refractivity contribution in [1.29, 1.82) is 0 Å². The lowest BCUT2D eigenvalue weighted by Gasteiger charge is -2.26. The van der Waals surface area contributed by atoms with E-state index in [1.807, 2.05) is 0 Å². The molecular weight excluding hydrogens is 324 g/mol. The van der Waals surface area contributed by atoms with E-state index in [0.29, 0.717) is 5.69 Å². The van der Waals surface area contributed by atoms with Gasteiger partial charge in [-0.3, -0.25) is 4.79 Å². The van der Waals surface area contributed by atoms with Gasteiger partial charge in [0, 0.05) is 32.0 Å². The third-order valence-corrected chi connectivity index (χ3v) is 6.21. The molecule has 2 N–H and O–H groups in total. The van der Waals surface area contributed by atoms with Crippen molar-refractivity contribution in [3.63, 3.8) is 0 Å². The van der Waals surface area contributed by atoms with E-state index in [1.165, 1.54) is 19.1 Å². The quantitative estimate of drug-likeness (QED) is 0.816. The number of hydrogen-bond donors (Lipinski definition) is 2. The van der Waals surface area contributed by atoms with E-state index >= 15 is 0 Å². The van der Waals surface area contributed by atoms with Crippen LogP contribution in [0.15, 0.2) is 29.2 Å². The van der Waals surface area contributed by atoms with Crippen molar-refractivity contribution in [2.45, 2.75) is 23.8 Å². The molecule has 1 aliphatic rings. The van der Waals surface area contributed by atoms with E-state index in [9.17, 15) is 13.2 Å². The molecule has 0 radical (unpaired) electrons. The lowest BCUT2D eigenvalue weighted by atomic mass is 10.0. The van der Waals surface area contributed by atoms with Crippen LogP contribution < -0.4 is 10.0 Å². The predicted molar refractivity (Wildman–Crippen MR) is 87.6 cm³/mol. The van der Waals surface area contributed by atoms with E-state index in [1.54, 1.807) is 31.0 Å². The highest BCUT2D eigenvalue weighted by Crippen LogP contribution is 2.30. The molecule has 0 aliphatic carbocycles. The Morgan fingerprint density at radius 1 is 1.36 bits per heavy atom. The third-order valence-electron chi connectivity index (χ3n) is 3.57. The Kier molecular flexibility index (Phi) is 5.49. The summed E-state index contributed by atoms with van der Waals surface area (Å²) in [4.78, 5) is 11.1. The van der Waals surface area contributed by atoms with Crippen LogP contribution >= 0.6 is 11.8 Å². The van der Waals surface area contributed by atoms with Crippen LogP contribution in [0, 0.1) is 0 Å². The van der Waals surface area contributed by atoms with Gasteiger partial charge in [0.2, 0.25) is 15.9 Å². The van der Waals surface area contributed by atoms with Crippen molar-refractivity contribution in [3.05, 3.63) is 24.3 Å². The van der Waals surface area contributed by atoms with Gasteiger partial charge >= 0.3 is 0 Å². The average molecular weight is 344 g/mol. The van der Waals surface area contributed by atoms with Crippen LogP contribution in [0.4, 0.5) is 5.69 Å². The molecule has 1 aromatic rings. The van der Waals surface area contributed by atoms with Gasteiger partial charge in [-0.25, -0.2) is 13.1 Å². The fourth-order valence-corrected chi connectivity index (χ4v) is 4.70. The second-order valence-electron chi connectivity index (χ2n) is 5.22. The fourth-order valence-electron chi connectivity index (χ4n) is 2.19. The molecule has 1 atom stereocenters. The summed E-state index contributed by atoms with van der Waals surface area (Å²) in [6.07, 6.45) is 0.832. The highest BCUT2D eigenvalue weighted by Gasteiger charge is 2.35. The second kappa shape index (κ2) is 6.99. The number of thioether (sulfide) groups is 1. The van der Waals surface area contributed by atoms with Crippen LogP contribution in [0.3, 0.4) is 0 Å². The molecule has 1 fully saturated rings. The number of rotatable bonds is 6. The van der Waals surface area contributed by atoms with Crippen molar-refractivity contribution in [2.24, 2.45) is 0 Å². The number of carbonyl (C=O) groups excluding carboxylic acids is 1. The Bertz CT molecular complexity index is 623.